The first-order valence-corrected chi connectivity index (χ1v) is 23.8. The van der Waals surface area contributed by atoms with Gasteiger partial charge in [0.2, 0.25) is 0 Å². The Morgan fingerprint density at radius 2 is 1.27 bits per heavy atom. The topological polar surface area (TPSA) is 21.3 Å². The molecule has 0 atom stereocenters. The molecule has 0 N–H and O–H groups in total. The van der Waals surface area contributed by atoms with Crippen LogP contribution in [0.25, 0.3) is 80.7 Å². The molecule has 0 fully saturated rings. The molecule has 63 heavy (non-hydrogen) atoms. The smallest absolute Gasteiger partial charge is 0.333 e. The van der Waals surface area contributed by atoms with E-state index in [4.69, 9.17) is 4.42 Å². The molecule has 1 aliphatic carbocycles. The van der Waals surface area contributed by atoms with Gasteiger partial charge in [0.25, 0.3) is 0 Å². The summed E-state index contributed by atoms with van der Waals surface area (Å²) in [4.78, 5) is 2.68. The lowest BCUT2D eigenvalue weighted by molar-refractivity contribution is 0.332. The van der Waals surface area contributed by atoms with Crippen LogP contribution in [-0.2, 0) is 21.7 Å². The standard InChI is InChI=1S/C58H53BN2OS/c1-55(2,3)32-19-22-34(23-20-32)61-43-24-21-33(56(4,5)6)27-38(43)49-50-36-16-12-14-18-48(36)63-54(50)51-39-28-40-41(58(9,10)26-25-57(40,7)8)30-44(39)60-45-29-37-35-15-11-13-17-46(35)62-47(37)31-42(45)59(61)52(49)53(51)60/h11-24,27-31H,25-26H2,1-10H3. The Morgan fingerprint density at radius 3 is 2.00 bits per heavy atom. The summed E-state index contributed by atoms with van der Waals surface area (Å²) in [7, 11) is 0. The second kappa shape index (κ2) is 12.1. The van der Waals surface area contributed by atoms with E-state index in [-0.39, 0.29) is 28.5 Å². The van der Waals surface area contributed by atoms with Gasteiger partial charge in [-0.1, -0.05) is 124 Å². The number of aromatic nitrogens is 1. The van der Waals surface area contributed by atoms with Crippen LogP contribution in [0.15, 0.2) is 120 Å². The zero-order chi connectivity index (χ0) is 43.3. The van der Waals surface area contributed by atoms with Crippen LogP contribution in [0.2, 0.25) is 0 Å². The average molecular weight is 837 g/mol. The van der Waals surface area contributed by atoms with E-state index in [9.17, 15) is 0 Å². The maximum Gasteiger partial charge on any atom is 0.333 e. The number of fused-ring (bicyclic) bond motifs is 17. The van der Waals surface area contributed by atoms with Crippen molar-refractivity contribution < 1.29 is 4.42 Å². The number of benzene rings is 7. The average Bonchev–Trinajstić information content (AvgIpc) is 3.92. The predicted molar refractivity (Wildman–Crippen MR) is 273 cm³/mol. The normalized spacial score (nSPS) is 16.5. The molecule has 0 radical (unpaired) electrons. The Hall–Kier alpha value is -5.78. The van der Waals surface area contributed by atoms with Crippen LogP contribution < -0.4 is 15.7 Å². The monoisotopic (exact) mass is 836 g/mol. The van der Waals surface area contributed by atoms with Gasteiger partial charge in [-0.25, -0.2) is 0 Å². The largest absolute Gasteiger partial charge is 0.456 e. The molecule has 0 bridgehead atoms. The third-order valence-electron chi connectivity index (χ3n) is 15.5. The highest BCUT2D eigenvalue weighted by atomic mass is 32.1. The fourth-order valence-corrected chi connectivity index (χ4v) is 13.2. The van der Waals surface area contributed by atoms with Gasteiger partial charge in [-0.2, -0.15) is 0 Å². The fraction of sp³-hybridized carbons (Fsp3) is 0.276. The van der Waals surface area contributed by atoms with Gasteiger partial charge < -0.3 is 13.8 Å². The highest BCUT2D eigenvalue weighted by Gasteiger charge is 2.47. The minimum absolute atomic E-state index is 0.0324. The van der Waals surface area contributed by atoms with Crippen molar-refractivity contribution in [1.82, 2.24) is 4.57 Å². The van der Waals surface area contributed by atoms with Crippen LogP contribution in [0.3, 0.4) is 0 Å². The lowest BCUT2D eigenvalue weighted by Crippen LogP contribution is -2.60. The molecule has 5 heteroatoms. The van der Waals surface area contributed by atoms with Crippen molar-refractivity contribution in [1.29, 1.82) is 0 Å². The minimum atomic E-state index is -0.119. The number of rotatable bonds is 1. The molecule has 5 heterocycles. The molecule has 2 aliphatic heterocycles. The summed E-state index contributed by atoms with van der Waals surface area (Å²) in [6, 6.07) is 44.7. The summed E-state index contributed by atoms with van der Waals surface area (Å²) in [6.07, 6.45) is 2.35. The Kier molecular flexibility index (Phi) is 7.23. The number of furan rings is 1. The van der Waals surface area contributed by atoms with Gasteiger partial charge in [0.1, 0.15) is 11.2 Å². The second-order valence-corrected chi connectivity index (χ2v) is 23.4. The number of thiophene rings is 1. The number of anilines is 2. The number of nitrogens with zero attached hydrogens (tertiary/aromatic N) is 2. The van der Waals surface area contributed by atoms with Crippen molar-refractivity contribution in [3.8, 4) is 16.8 Å². The Morgan fingerprint density at radius 1 is 0.603 bits per heavy atom. The summed E-state index contributed by atoms with van der Waals surface area (Å²) in [5.41, 5.74) is 19.4. The maximum absolute atomic E-state index is 6.82. The third kappa shape index (κ3) is 4.98. The van der Waals surface area contributed by atoms with Crippen LogP contribution in [-0.4, -0.2) is 11.4 Å². The summed E-state index contributed by atoms with van der Waals surface area (Å²) < 4.78 is 12.3. The summed E-state index contributed by atoms with van der Waals surface area (Å²) >= 11 is 1.99. The van der Waals surface area contributed by atoms with E-state index < -0.39 is 0 Å². The second-order valence-electron chi connectivity index (χ2n) is 22.4. The molecule has 7 aromatic carbocycles. The van der Waals surface area contributed by atoms with Crippen molar-refractivity contribution >= 4 is 104 Å². The zero-order valence-electron chi connectivity index (χ0n) is 38.2. The molecule has 0 saturated carbocycles. The maximum atomic E-state index is 6.82. The lowest BCUT2D eigenvalue weighted by Gasteiger charge is -2.43. The third-order valence-corrected chi connectivity index (χ3v) is 16.7. The van der Waals surface area contributed by atoms with E-state index in [2.05, 4.69) is 194 Å². The summed E-state index contributed by atoms with van der Waals surface area (Å²) in [5, 5.41) is 7.83. The molecule has 3 aliphatic rings. The molecule has 0 spiro atoms. The van der Waals surface area contributed by atoms with Crippen molar-refractivity contribution in [3.63, 3.8) is 0 Å². The highest BCUT2D eigenvalue weighted by molar-refractivity contribution is 7.27. The van der Waals surface area contributed by atoms with Gasteiger partial charge in [0, 0.05) is 64.3 Å². The van der Waals surface area contributed by atoms with Crippen LogP contribution in [0.4, 0.5) is 11.4 Å². The van der Waals surface area contributed by atoms with Gasteiger partial charge in [-0.15, -0.1) is 11.3 Å². The van der Waals surface area contributed by atoms with E-state index in [0.717, 1.165) is 21.9 Å². The van der Waals surface area contributed by atoms with Gasteiger partial charge in [0.15, 0.2) is 0 Å². The number of hydrogen-bond acceptors (Lipinski definition) is 3. The highest BCUT2D eigenvalue weighted by Crippen LogP contribution is 2.55. The van der Waals surface area contributed by atoms with E-state index in [0.29, 0.717) is 0 Å². The van der Waals surface area contributed by atoms with Crippen molar-refractivity contribution in [2.45, 2.75) is 104 Å². The van der Waals surface area contributed by atoms with Gasteiger partial charge in [-0.3, -0.25) is 0 Å². The van der Waals surface area contributed by atoms with Crippen molar-refractivity contribution in [2.75, 3.05) is 4.81 Å². The van der Waals surface area contributed by atoms with Gasteiger partial charge in [0.05, 0.1) is 11.0 Å². The minimum Gasteiger partial charge on any atom is -0.456 e. The molecular weight excluding hydrogens is 784 g/mol. The number of hydrogen-bond donors (Lipinski definition) is 0. The summed E-state index contributed by atoms with van der Waals surface area (Å²) in [6.45, 7) is 23.7. The Bertz CT molecular complexity index is 3650. The molecule has 0 unspecified atom stereocenters. The van der Waals surface area contributed by atoms with Gasteiger partial charge in [-0.05, 0) is 134 Å². The molecular formula is C58H53BN2OS. The predicted octanol–water partition coefficient (Wildman–Crippen LogP) is 15.2. The van der Waals surface area contributed by atoms with E-state index in [1.165, 1.54) is 116 Å². The van der Waals surface area contributed by atoms with Crippen LogP contribution in [0.1, 0.15) is 104 Å². The molecule has 3 nitrogen and oxygen atoms in total. The zero-order valence-corrected chi connectivity index (χ0v) is 39.0. The first-order valence-electron chi connectivity index (χ1n) is 23.0. The Balaban J connectivity index is 1.29. The molecule has 3 aromatic heterocycles. The van der Waals surface area contributed by atoms with Crippen molar-refractivity contribution in [3.05, 3.63) is 138 Å². The van der Waals surface area contributed by atoms with E-state index in [1.807, 2.05) is 11.3 Å². The van der Waals surface area contributed by atoms with Crippen molar-refractivity contribution in [2.24, 2.45) is 0 Å². The molecule has 310 valence electrons. The quantitative estimate of drug-likeness (QED) is 0.154. The SMILES string of the molecule is CC(C)(C)c1ccc(N2B3c4cc5oc6ccccc6c5cc4-n4c5cc6c(cc5c5c7sc8ccccc8c7c(c3c54)-c3cc(C(C)(C)C)ccc32)C(C)(C)CCC6(C)C)cc1. The number of para-hydroxylation sites is 1. The van der Waals surface area contributed by atoms with E-state index >= 15 is 0 Å². The first-order chi connectivity index (χ1) is 30.0. The first kappa shape index (κ1) is 37.8. The van der Waals surface area contributed by atoms with E-state index in [1.54, 1.807) is 0 Å². The Labute approximate surface area is 374 Å². The lowest BCUT2D eigenvalue weighted by atomic mass is 9.43. The fourth-order valence-electron chi connectivity index (χ4n) is 11.9. The van der Waals surface area contributed by atoms with Gasteiger partial charge >= 0.3 is 6.85 Å². The van der Waals surface area contributed by atoms with Crippen LogP contribution in [0.5, 0.6) is 0 Å². The van der Waals surface area contributed by atoms with Crippen LogP contribution >= 0.6 is 11.3 Å². The molecule has 0 saturated heterocycles. The van der Waals surface area contributed by atoms with Crippen LogP contribution in [0, 0.1) is 0 Å². The molecule has 0 amide bonds. The molecule has 13 rings (SSSR count). The summed E-state index contributed by atoms with van der Waals surface area (Å²) in [5.74, 6) is 0. The molecule has 10 aromatic rings.